The van der Waals surface area contributed by atoms with Crippen molar-refractivity contribution >= 4 is 16.8 Å². The first-order valence-corrected chi connectivity index (χ1v) is 10.8. The number of hydrogen-bond acceptors (Lipinski definition) is 3. The molecule has 0 atom stereocenters. The number of halogens is 1. The fourth-order valence-corrected chi connectivity index (χ4v) is 3.07. The van der Waals surface area contributed by atoms with E-state index in [1.54, 1.807) is 6.92 Å². The van der Waals surface area contributed by atoms with Crippen LogP contribution < -0.4 is 10.1 Å². The highest BCUT2D eigenvalue weighted by Gasteiger charge is 2.06. The van der Waals surface area contributed by atoms with Crippen LogP contribution in [0.5, 0.6) is 5.88 Å². The zero-order valence-electron chi connectivity index (χ0n) is 18.0. The predicted octanol–water partition coefficient (Wildman–Crippen LogP) is 6.28. The summed E-state index contributed by atoms with van der Waals surface area (Å²) < 4.78 is 19.4. The molecule has 1 N–H and O–H groups in total. The van der Waals surface area contributed by atoms with Crippen LogP contribution in [0.3, 0.4) is 0 Å². The van der Waals surface area contributed by atoms with Gasteiger partial charge in [0.15, 0.2) is 5.83 Å². The van der Waals surface area contributed by atoms with Gasteiger partial charge in [0.05, 0.1) is 12.1 Å². The lowest BCUT2D eigenvalue weighted by molar-refractivity contribution is -0.118. The summed E-state index contributed by atoms with van der Waals surface area (Å²) >= 11 is 0. The normalized spacial score (nSPS) is 11.5. The van der Waals surface area contributed by atoms with Gasteiger partial charge in [-0.05, 0) is 44.4 Å². The quantitative estimate of drug-likeness (QED) is 0.226. The van der Waals surface area contributed by atoms with Gasteiger partial charge in [0.1, 0.15) is 0 Å². The molecule has 1 amide bonds. The van der Waals surface area contributed by atoms with E-state index < -0.39 is 11.7 Å². The Kier molecular flexibility index (Phi) is 10.6. The Morgan fingerprint density at radius 1 is 1.07 bits per heavy atom. The monoisotopic (exact) mass is 412 g/mol. The topological polar surface area (TPSA) is 51.2 Å². The molecule has 0 saturated heterocycles. The van der Waals surface area contributed by atoms with E-state index in [0.29, 0.717) is 25.5 Å². The van der Waals surface area contributed by atoms with Crippen LogP contribution in [0.4, 0.5) is 4.39 Å². The molecule has 2 aromatic rings. The molecule has 30 heavy (non-hydrogen) atoms. The number of fused-ring (bicyclic) bond motifs is 1. The number of ether oxygens (including phenoxy) is 1. The third-order valence-corrected chi connectivity index (χ3v) is 4.76. The van der Waals surface area contributed by atoms with E-state index in [0.717, 1.165) is 48.6 Å². The number of pyridine rings is 1. The molecule has 2 rings (SSSR count). The van der Waals surface area contributed by atoms with Gasteiger partial charge in [-0.1, -0.05) is 62.5 Å². The van der Waals surface area contributed by atoms with E-state index in [2.05, 4.69) is 16.9 Å². The zero-order valence-corrected chi connectivity index (χ0v) is 18.0. The molecule has 4 nitrogen and oxygen atoms in total. The van der Waals surface area contributed by atoms with Crippen molar-refractivity contribution < 1.29 is 13.9 Å². The number of nitrogens with one attached hydrogen (secondary N) is 1. The van der Waals surface area contributed by atoms with E-state index in [4.69, 9.17) is 4.74 Å². The average molecular weight is 413 g/mol. The molecule has 1 heterocycles. The Morgan fingerprint density at radius 2 is 1.77 bits per heavy atom. The molecular weight excluding hydrogens is 379 g/mol. The van der Waals surface area contributed by atoms with Crippen molar-refractivity contribution in [3.8, 4) is 5.88 Å². The average Bonchev–Trinajstić information content (AvgIpc) is 2.75. The predicted molar refractivity (Wildman–Crippen MR) is 121 cm³/mol. The molecule has 0 fully saturated rings. The van der Waals surface area contributed by atoms with Gasteiger partial charge < -0.3 is 10.1 Å². The lowest BCUT2D eigenvalue weighted by atomic mass is 10.1. The lowest BCUT2D eigenvalue weighted by Gasteiger charge is -2.06. The number of carbonyl (C=O) groups is 1. The Bertz CT molecular complexity index is 848. The fraction of sp³-hybridized carbons (Fsp3) is 0.440. The van der Waals surface area contributed by atoms with Crippen molar-refractivity contribution in [2.45, 2.75) is 58.3 Å². The maximum atomic E-state index is 13.6. The summed E-state index contributed by atoms with van der Waals surface area (Å²) in [5, 5.41) is 3.61. The van der Waals surface area contributed by atoms with Gasteiger partial charge in [-0.25, -0.2) is 9.37 Å². The number of para-hydroxylation sites is 1. The summed E-state index contributed by atoms with van der Waals surface area (Å²) in [6, 6.07) is 12.0. The summed E-state index contributed by atoms with van der Waals surface area (Å²) in [6.45, 7) is 6.45. The highest BCUT2D eigenvalue weighted by atomic mass is 19.1. The molecule has 0 saturated carbocycles. The number of amides is 1. The van der Waals surface area contributed by atoms with Gasteiger partial charge in [0.25, 0.3) is 5.91 Å². The second-order valence-corrected chi connectivity index (χ2v) is 7.65. The van der Waals surface area contributed by atoms with Gasteiger partial charge >= 0.3 is 0 Å². The number of benzene rings is 1. The molecule has 0 aliphatic rings. The van der Waals surface area contributed by atoms with E-state index >= 15 is 0 Å². The summed E-state index contributed by atoms with van der Waals surface area (Å²) in [6.07, 6.45) is 9.54. The number of hydrogen-bond donors (Lipinski definition) is 1. The third kappa shape index (κ3) is 9.21. The molecule has 0 unspecified atom stereocenters. The number of carbonyl (C=O) groups excluding carboxylic acids is 1. The summed E-state index contributed by atoms with van der Waals surface area (Å²) in [4.78, 5) is 16.0. The van der Waals surface area contributed by atoms with E-state index in [1.165, 1.54) is 18.9 Å². The van der Waals surface area contributed by atoms with Crippen LogP contribution in [0.25, 0.3) is 10.9 Å². The molecule has 0 bridgehead atoms. The first-order chi connectivity index (χ1) is 14.6. The van der Waals surface area contributed by atoms with Gasteiger partial charge in [-0.3, -0.25) is 4.79 Å². The van der Waals surface area contributed by atoms with Gasteiger partial charge in [0, 0.05) is 18.0 Å². The van der Waals surface area contributed by atoms with E-state index in [-0.39, 0.29) is 0 Å². The largest absolute Gasteiger partial charge is 0.478 e. The van der Waals surface area contributed by atoms with Crippen molar-refractivity contribution in [2.24, 2.45) is 0 Å². The molecule has 0 aliphatic heterocycles. The second kappa shape index (κ2) is 13.5. The third-order valence-electron chi connectivity index (χ3n) is 4.76. The Hall–Kier alpha value is -2.69. The summed E-state index contributed by atoms with van der Waals surface area (Å²) in [7, 11) is 0. The van der Waals surface area contributed by atoms with E-state index in [9.17, 15) is 9.18 Å². The molecule has 0 aliphatic carbocycles. The van der Waals surface area contributed by atoms with Crippen LogP contribution in [-0.4, -0.2) is 24.0 Å². The molecule has 5 heteroatoms. The van der Waals surface area contributed by atoms with Crippen molar-refractivity contribution in [3.05, 3.63) is 60.5 Å². The minimum absolute atomic E-state index is 0.309. The molecular formula is C25H33FN2O2. The second-order valence-electron chi connectivity index (χ2n) is 7.65. The summed E-state index contributed by atoms with van der Waals surface area (Å²) in [5.74, 6) is -0.668. The zero-order chi connectivity index (χ0) is 21.6. The number of allylic oxidation sites excluding steroid dienone is 1. The van der Waals surface area contributed by atoms with Gasteiger partial charge in [0.2, 0.25) is 5.88 Å². The van der Waals surface area contributed by atoms with Crippen LogP contribution in [0.15, 0.2) is 60.5 Å². The molecule has 1 aromatic carbocycles. The minimum Gasteiger partial charge on any atom is -0.478 e. The highest BCUT2D eigenvalue weighted by molar-refractivity contribution is 5.91. The smallest absolute Gasteiger partial charge is 0.279 e. The van der Waals surface area contributed by atoms with Crippen LogP contribution in [0.2, 0.25) is 0 Å². The number of aromatic nitrogens is 1. The Labute approximate surface area is 179 Å². The minimum atomic E-state index is -0.697. The van der Waals surface area contributed by atoms with Gasteiger partial charge in [-0.2, -0.15) is 0 Å². The van der Waals surface area contributed by atoms with Crippen LogP contribution in [0.1, 0.15) is 58.3 Å². The highest BCUT2D eigenvalue weighted by Crippen LogP contribution is 2.16. The number of rotatable bonds is 14. The lowest BCUT2D eigenvalue weighted by Crippen LogP contribution is -2.25. The number of unbranched alkanes of at least 4 members (excludes halogenated alkanes) is 7. The van der Waals surface area contributed by atoms with Crippen molar-refractivity contribution in [3.63, 3.8) is 0 Å². The number of nitrogens with zero attached hydrogens (tertiary/aromatic N) is 1. The van der Waals surface area contributed by atoms with Crippen LogP contribution in [-0.2, 0) is 4.79 Å². The first-order valence-electron chi connectivity index (χ1n) is 10.8. The first kappa shape index (κ1) is 23.6. The maximum Gasteiger partial charge on any atom is 0.279 e. The molecule has 1 aromatic heterocycles. The fourth-order valence-electron chi connectivity index (χ4n) is 3.07. The van der Waals surface area contributed by atoms with Crippen molar-refractivity contribution in [1.82, 2.24) is 10.3 Å². The summed E-state index contributed by atoms with van der Waals surface area (Å²) in [5.41, 5.74) is 1.75. The van der Waals surface area contributed by atoms with E-state index in [1.807, 2.05) is 36.4 Å². The SMILES string of the molecule is C=C(C)CNC(=O)C(F)=CCCCCCCCCCOc1ccc2ccccc2n1. The van der Waals surface area contributed by atoms with Gasteiger partial charge in [-0.15, -0.1) is 0 Å². The Balaban J connectivity index is 1.45. The standard InChI is InChI=1S/C25H33FN2O2/c1-20(2)19-27-25(29)22(26)14-9-7-5-3-4-6-8-12-18-30-24-17-16-21-13-10-11-15-23(21)28-24/h10-11,13-17H,1,3-9,12,18-19H2,2H3,(H,27,29). The Morgan fingerprint density at radius 3 is 2.53 bits per heavy atom. The maximum absolute atomic E-state index is 13.6. The molecule has 0 spiro atoms. The van der Waals surface area contributed by atoms with Crippen molar-refractivity contribution in [1.29, 1.82) is 0 Å². The van der Waals surface area contributed by atoms with Crippen molar-refractivity contribution in [2.75, 3.05) is 13.2 Å². The molecule has 162 valence electrons. The molecule has 0 radical (unpaired) electrons. The van der Waals surface area contributed by atoms with Crippen LogP contribution >= 0.6 is 0 Å². The van der Waals surface area contributed by atoms with Crippen LogP contribution in [0, 0.1) is 0 Å².